The van der Waals surface area contributed by atoms with Crippen molar-refractivity contribution in [3.05, 3.63) is 55.5 Å². The second-order valence-electron chi connectivity index (χ2n) is 3.27. The van der Waals surface area contributed by atoms with Crippen LogP contribution in [-0.4, -0.2) is 15.0 Å². The van der Waals surface area contributed by atoms with Gasteiger partial charge in [-0.25, -0.2) is 0 Å². The minimum absolute atomic E-state index is 0.157. The third-order valence-electron chi connectivity index (χ3n) is 2.20. The molecule has 0 saturated heterocycles. The molecule has 0 aliphatic rings. The predicted octanol–water partition coefficient (Wildman–Crippen LogP) is 2.79. The van der Waals surface area contributed by atoms with E-state index in [-0.39, 0.29) is 11.3 Å². The van der Waals surface area contributed by atoms with Crippen LogP contribution in [0.3, 0.4) is 0 Å². The second kappa shape index (κ2) is 4.79. The molecule has 7 heteroatoms. The summed E-state index contributed by atoms with van der Waals surface area (Å²) in [7, 11) is 0. The number of aliphatic hydroxyl groups is 1. The van der Waals surface area contributed by atoms with Crippen LogP contribution in [-0.2, 0) is 0 Å². The normalized spacial score (nSPS) is 12.4. The maximum Gasteiger partial charge on any atom is 0.275 e. The van der Waals surface area contributed by atoms with E-state index in [9.17, 15) is 15.2 Å². The quantitative estimate of drug-likeness (QED) is 0.687. The van der Waals surface area contributed by atoms with E-state index in [0.717, 1.165) is 0 Å². The van der Waals surface area contributed by atoms with Crippen molar-refractivity contribution in [2.45, 2.75) is 6.10 Å². The third-order valence-corrected chi connectivity index (χ3v) is 3.26. The number of hydrogen-bond acceptors (Lipinski definition) is 5. The highest BCUT2D eigenvalue weighted by molar-refractivity contribution is 7.09. The van der Waals surface area contributed by atoms with Gasteiger partial charge < -0.3 is 5.11 Å². The Morgan fingerprint density at radius 1 is 1.53 bits per heavy atom. The second-order valence-corrected chi connectivity index (χ2v) is 4.62. The third kappa shape index (κ3) is 2.44. The van der Waals surface area contributed by atoms with E-state index < -0.39 is 11.0 Å². The van der Waals surface area contributed by atoms with Crippen molar-refractivity contribution in [3.8, 4) is 0 Å². The lowest BCUT2D eigenvalue weighted by molar-refractivity contribution is -0.386. The molecule has 1 atom stereocenters. The molecule has 88 valence electrons. The SMILES string of the molecule is O=[N+]([O-])c1ccc(Cl)cc1C(O)c1cncs1. The van der Waals surface area contributed by atoms with Gasteiger partial charge in [-0.1, -0.05) is 11.6 Å². The highest BCUT2D eigenvalue weighted by Gasteiger charge is 2.23. The maximum absolute atomic E-state index is 10.8. The Morgan fingerprint density at radius 3 is 2.88 bits per heavy atom. The topological polar surface area (TPSA) is 76.3 Å². The van der Waals surface area contributed by atoms with E-state index in [1.807, 2.05) is 0 Å². The van der Waals surface area contributed by atoms with Gasteiger partial charge in [0, 0.05) is 17.3 Å². The Hall–Kier alpha value is -1.50. The van der Waals surface area contributed by atoms with Crippen molar-refractivity contribution in [2.24, 2.45) is 0 Å². The molecule has 2 rings (SSSR count). The Bertz CT molecular complexity index is 544. The molecule has 0 spiro atoms. The van der Waals surface area contributed by atoms with Crippen LogP contribution in [0.4, 0.5) is 5.69 Å². The van der Waals surface area contributed by atoms with Crippen LogP contribution in [0.25, 0.3) is 0 Å². The number of aromatic nitrogens is 1. The standard InChI is InChI=1S/C10H7ClN2O3S/c11-6-1-2-8(13(15)16)7(3-6)10(14)9-4-12-5-17-9/h1-5,10,14H. The smallest absolute Gasteiger partial charge is 0.275 e. The first-order valence-corrected chi connectivity index (χ1v) is 5.85. The van der Waals surface area contributed by atoms with Crippen molar-refractivity contribution in [1.29, 1.82) is 0 Å². The molecule has 0 aliphatic heterocycles. The molecule has 17 heavy (non-hydrogen) atoms. The Labute approximate surface area is 105 Å². The molecule has 0 fully saturated rings. The van der Waals surface area contributed by atoms with Gasteiger partial charge in [0.05, 0.1) is 20.9 Å². The summed E-state index contributed by atoms with van der Waals surface area (Å²) in [6.07, 6.45) is 0.390. The van der Waals surface area contributed by atoms with Gasteiger partial charge in [-0.15, -0.1) is 11.3 Å². The van der Waals surface area contributed by atoms with E-state index in [1.165, 1.54) is 35.7 Å². The molecule has 5 nitrogen and oxygen atoms in total. The number of aliphatic hydroxyl groups excluding tert-OH is 1. The van der Waals surface area contributed by atoms with Crippen LogP contribution in [0.15, 0.2) is 29.9 Å². The van der Waals surface area contributed by atoms with Gasteiger partial charge in [0.15, 0.2) is 0 Å². The molecule has 1 unspecified atom stereocenters. The van der Waals surface area contributed by atoms with E-state index in [1.54, 1.807) is 5.51 Å². The van der Waals surface area contributed by atoms with Crippen LogP contribution in [0, 0.1) is 10.1 Å². The van der Waals surface area contributed by atoms with E-state index in [2.05, 4.69) is 4.98 Å². The van der Waals surface area contributed by atoms with Crippen LogP contribution >= 0.6 is 22.9 Å². The van der Waals surface area contributed by atoms with Crippen molar-refractivity contribution < 1.29 is 10.0 Å². The van der Waals surface area contributed by atoms with E-state index in [4.69, 9.17) is 11.6 Å². The minimum Gasteiger partial charge on any atom is -0.382 e. The molecule has 0 radical (unpaired) electrons. The summed E-state index contributed by atoms with van der Waals surface area (Å²) >= 11 is 7.01. The Kier molecular flexibility index (Phi) is 3.37. The Balaban J connectivity index is 2.50. The molecular weight excluding hydrogens is 264 g/mol. The maximum atomic E-state index is 10.8. The van der Waals surface area contributed by atoms with Gasteiger partial charge in [0.1, 0.15) is 6.10 Å². The zero-order valence-corrected chi connectivity index (χ0v) is 9.98. The fraction of sp³-hybridized carbons (Fsp3) is 0.100. The summed E-state index contributed by atoms with van der Waals surface area (Å²) in [6, 6.07) is 4.09. The highest BCUT2D eigenvalue weighted by atomic mass is 35.5. The van der Waals surface area contributed by atoms with Crippen LogP contribution in [0.5, 0.6) is 0 Å². The molecule has 1 aromatic carbocycles. The summed E-state index contributed by atoms with van der Waals surface area (Å²) in [5, 5.41) is 21.2. The summed E-state index contributed by atoms with van der Waals surface area (Å²) in [4.78, 5) is 14.7. The number of nitro benzene ring substituents is 1. The van der Waals surface area contributed by atoms with E-state index >= 15 is 0 Å². The van der Waals surface area contributed by atoms with Crippen molar-refractivity contribution in [2.75, 3.05) is 0 Å². The van der Waals surface area contributed by atoms with Gasteiger partial charge in [0.25, 0.3) is 5.69 Å². The largest absolute Gasteiger partial charge is 0.382 e. The van der Waals surface area contributed by atoms with Gasteiger partial charge in [-0.05, 0) is 12.1 Å². The van der Waals surface area contributed by atoms with Gasteiger partial charge in [-0.3, -0.25) is 15.1 Å². The molecule has 1 heterocycles. The number of nitro groups is 1. The number of hydrogen-bond donors (Lipinski definition) is 1. The predicted molar refractivity (Wildman–Crippen MR) is 64.3 cm³/mol. The fourth-order valence-electron chi connectivity index (χ4n) is 1.42. The number of halogens is 1. The molecule has 2 aromatic rings. The zero-order chi connectivity index (χ0) is 12.4. The molecule has 1 N–H and O–H groups in total. The number of thiazole rings is 1. The highest BCUT2D eigenvalue weighted by Crippen LogP contribution is 2.33. The summed E-state index contributed by atoms with van der Waals surface area (Å²) in [5.41, 5.74) is 1.57. The van der Waals surface area contributed by atoms with Crippen molar-refractivity contribution in [1.82, 2.24) is 4.98 Å². The average Bonchev–Trinajstić information content (AvgIpc) is 2.80. The first-order chi connectivity index (χ1) is 8.09. The first-order valence-electron chi connectivity index (χ1n) is 4.60. The fourth-order valence-corrected chi connectivity index (χ4v) is 2.23. The Morgan fingerprint density at radius 2 is 2.29 bits per heavy atom. The summed E-state index contributed by atoms with van der Waals surface area (Å²) in [5.74, 6) is 0. The zero-order valence-electron chi connectivity index (χ0n) is 8.41. The first kappa shape index (κ1) is 12.0. The van der Waals surface area contributed by atoms with Gasteiger partial charge in [0.2, 0.25) is 0 Å². The molecule has 0 aliphatic carbocycles. The average molecular weight is 271 g/mol. The van der Waals surface area contributed by atoms with Gasteiger partial charge >= 0.3 is 0 Å². The molecule has 0 amide bonds. The number of benzene rings is 1. The van der Waals surface area contributed by atoms with Crippen LogP contribution in [0.2, 0.25) is 5.02 Å². The van der Waals surface area contributed by atoms with E-state index in [0.29, 0.717) is 9.90 Å². The lowest BCUT2D eigenvalue weighted by Crippen LogP contribution is -2.02. The van der Waals surface area contributed by atoms with Crippen LogP contribution < -0.4 is 0 Å². The number of rotatable bonds is 3. The van der Waals surface area contributed by atoms with Crippen LogP contribution in [0.1, 0.15) is 16.5 Å². The summed E-state index contributed by atoms with van der Waals surface area (Å²) < 4.78 is 0. The van der Waals surface area contributed by atoms with Gasteiger partial charge in [-0.2, -0.15) is 0 Å². The number of nitrogens with zero attached hydrogens (tertiary/aromatic N) is 2. The minimum atomic E-state index is -1.08. The lowest BCUT2D eigenvalue weighted by atomic mass is 10.1. The molecular formula is C10H7ClN2O3S. The monoisotopic (exact) mass is 270 g/mol. The molecule has 0 bridgehead atoms. The molecule has 0 saturated carbocycles. The van der Waals surface area contributed by atoms with Crippen molar-refractivity contribution >= 4 is 28.6 Å². The molecule has 1 aromatic heterocycles. The lowest BCUT2D eigenvalue weighted by Gasteiger charge is -2.09. The van der Waals surface area contributed by atoms with Crippen molar-refractivity contribution in [3.63, 3.8) is 0 Å². The summed E-state index contributed by atoms with van der Waals surface area (Å²) in [6.45, 7) is 0.